The summed E-state index contributed by atoms with van der Waals surface area (Å²) in [6, 6.07) is 0. The number of aliphatic hydroxyl groups excluding tert-OH is 2. The Morgan fingerprint density at radius 2 is 2.12 bits per heavy atom. The third kappa shape index (κ3) is 4.68. The Kier molecular flexibility index (Phi) is 7.00. The van der Waals surface area contributed by atoms with Crippen molar-refractivity contribution in [3.8, 4) is 0 Å². The lowest BCUT2D eigenvalue weighted by molar-refractivity contribution is -0.151. The van der Waals surface area contributed by atoms with Gasteiger partial charge in [-0.1, -0.05) is 36.0 Å². The molecular formula is C20H28O4. The van der Waals surface area contributed by atoms with E-state index in [9.17, 15) is 4.79 Å². The zero-order valence-corrected chi connectivity index (χ0v) is 14.5. The third-order valence-electron chi connectivity index (χ3n) is 4.95. The first-order chi connectivity index (χ1) is 11.6. The lowest BCUT2D eigenvalue weighted by atomic mass is 9.76. The predicted molar refractivity (Wildman–Crippen MR) is 94.3 cm³/mol. The quantitative estimate of drug-likeness (QED) is 0.613. The number of fused-ring (bicyclic) bond motifs is 1. The van der Waals surface area contributed by atoms with E-state index in [2.05, 4.69) is 25.7 Å². The molecule has 1 heterocycles. The van der Waals surface area contributed by atoms with Crippen molar-refractivity contribution in [1.82, 2.24) is 0 Å². The molecule has 2 rings (SSSR count). The van der Waals surface area contributed by atoms with Crippen molar-refractivity contribution in [1.29, 1.82) is 0 Å². The van der Waals surface area contributed by atoms with Crippen molar-refractivity contribution < 1.29 is 19.7 Å². The summed E-state index contributed by atoms with van der Waals surface area (Å²) in [4.78, 5) is 12.3. The van der Waals surface area contributed by atoms with Crippen LogP contribution in [0, 0.1) is 11.8 Å². The number of carbonyl (C=O) groups excluding carboxylic acids is 1. The second-order valence-corrected chi connectivity index (χ2v) is 6.67. The van der Waals surface area contributed by atoms with Crippen LogP contribution in [0.1, 0.15) is 39.0 Å². The van der Waals surface area contributed by atoms with Crippen molar-refractivity contribution in [3.63, 3.8) is 0 Å². The number of allylic oxidation sites excluding steroid dienone is 4. The zero-order chi connectivity index (χ0) is 17.5. The molecule has 2 atom stereocenters. The van der Waals surface area contributed by atoms with Gasteiger partial charge in [0, 0.05) is 5.92 Å². The zero-order valence-electron chi connectivity index (χ0n) is 14.5. The van der Waals surface area contributed by atoms with E-state index in [4.69, 9.17) is 14.9 Å². The normalized spacial score (nSPS) is 28.8. The molecule has 0 aromatic carbocycles. The maximum Gasteiger partial charge on any atom is 0.313 e. The largest absolute Gasteiger partial charge is 0.461 e. The molecule has 4 nitrogen and oxygen atoms in total. The van der Waals surface area contributed by atoms with Crippen molar-refractivity contribution in [2.24, 2.45) is 11.8 Å². The smallest absolute Gasteiger partial charge is 0.313 e. The lowest BCUT2D eigenvalue weighted by Gasteiger charge is -2.33. The summed E-state index contributed by atoms with van der Waals surface area (Å²) in [5.41, 5.74) is 4.06. The molecule has 1 aliphatic carbocycles. The average molecular weight is 332 g/mol. The first-order valence-electron chi connectivity index (χ1n) is 8.65. The molecule has 4 heteroatoms. The number of cyclic esters (lactones) is 1. The Hall–Kier alpha value is -1.65. The van der Waals surface area contributed by atoms with Gasteiger partial charge < -0.3 is 14.9 Å². The number of carbonyl (C=O) groups is 1. The van der Waals surface area contributed by atoms with Crippen LogP contribution in [0.3, 0.4) is 0 Å². The van der Waals surface area contributed by atoms with E-state index in [1.807, 2.05) is 6.08 Å². The highest BCUT2D eigenvalue weighted by Gasteiger charge is 2.38. The summed E-state index contributed by atoms with van der Waals surface area (Å²) in [6.07, 6.45) is 10.4. The van der Waals surface area contributed by atoms with Crippen molar-refractivity contribution in [3.05, 3.63) is 47.1 Å². The molecule has 0 radical (unpaired) electrons. The van der Waals surface area contributed by atoms with Gasteiger partial charge in [0.15, 0.2) is 0 Å². The van der Waals surface area contributed by atoms with Crippen LogP contribution in [0.5, 0.6) is 0 Å². The summed E-state index contributed by atoms with van der Waals surface area (Å²) >= 11 is 0. The first-order valence-corrected chi connectivity index (χ1v) is 8.65. The van der Waals surface area contributed by atoms with Gasteiger partial charge in [-0.2, -0.15) is 0 Å². The Balaban J connectivity index is 2.22. The topological polar surface area (TPSA) is 66.8 Å². The molecule has 2 N–H and O–H groups in total. The second-order valence-electron chi connectivity index (χ2n) is 6.67. The monoisotopic (exact) mass is 332 g/mol. The number of hydrogen-bond acceptors (Lipinski definition) is 4. The third-order valence-corrected chi connectivity index (χ3v) is 4.95. The van der Waals surface area contributed by atoms with Gasteiger partial charge in [-0.15, -0.1) is 0 Å². The fraction of sp³-hybridized carbons (Fsp3) is 0.550. The lowest BCUT2D eigenvalue weighted by Crippen LogP contribution is -2.35. The molecule has 0 aromatic rings. The van der Waals surface area contributed by atoms with E-state index in [1.54, 1.807) is 0 Å². The molecule has 0 unspecified atom stereocenters. The minimum Gasteiger partial charge on any atom is -0.461 e. The summed E-state index contributed by atoms with van der Waals surface area (Å²) in [6.45, 7) is 6.35. The van der Waals surface area contributed by atoms with E-state index in [1.165, 1.54) is 5.57 Å². The Bertz CT molecular complexity index is 562. The molecule has 1 aliphatic heterocycles. The van der Waals surface area contributed by atoms with E-state index >= 15 is 0 Å². The number of rotatable bonds is 4. The Labute approximate surface area is 144 Å². The highest BCUT2D eigenvalue weighted by atomic mass is 16.5. The Morgan fingerprint density at radius 3 is 2.83 bits per heavy atom. The van der Waals surface area contributed by atoms with Crippen LogP contribution in [0.25, 0.3) is 0 Å². The van der Waals surface area contributed by atoms with Gasteiger partial charge >= 0.3 is 5.97 Å². The standard InChI is InChI=1S/C20H28O4/c1-14-5-3-6-15(2)19-18(10-9-14)17(13-24-20(19)23)8-4-7-16(11-21)12-22/h5,7-8,18-19,21-22H,2-4,6,9-13H2,1H3/b14-5-,17-8-/t18-,19+/m1/s1. The molecule has 0 spiro atoms. The van der Waals surface area contributed by atoms with Crippen LogP contribution in [-0.2, 0) is 9.53 Å². The molecule has 0 aromatic heterocycles. The average Bonchev–Trinajstić information content (AvgIpc) is 2.64. The fourth-order valence-electron chi connectivity index (χ4n) is 3.44. The van der Waals surface area contributed by atoms with Gasteiger partial charge in [-0.3, -0.25) is 4.79 Å². The van der Waals surface area contributed by atoms with E-state index in [-0.39, 0.29) is 31.0 Å². The van der Waals surface area contributed by atoms with E-state index in [0.717, 1.165) is 36.8 Å². The molecule has 2 aliphatic rings. The molecule has 0 saturated carbocycles. The summed E-state index contributed by atoms with van der Waals surface area (Å²) < 4.78 is 5.40. The fourth-order valence-corrected chi connectivity index (χ4v) is 3.44. The number of ether oxygens (including phenoxy) is 1. The predicted octanol–water partition coefficient (Wildman–Crippen LogP) is 3.08. The van der Waals surface area contributed by atoms with E-state index < -0.39 is 0 Å². The minimum absolute atomic E-state index is 0.137. The van der Waals surface area contributed by atoms with Gasteiger partial charge in [0.05, 0.1) is 19.1 Å². The number of aliphatic hydroxyl groups is 2. The van der Waals surface area contributed by atoms with Crippen LogP contribution >= 0.6 is 0 Å². The maximum atomic E-state index is 12.3. The van der Waals surface area contributed by atoms with Gasteiger partial charge in [0.1, 0.15) is 6.61 Å². The van der Waals surface area contributed by atoms with Gasteiger partial charge in [0.2, 0.25) is 0 Å². The number of esters is 1. The van der Waals surface area contributed by atoms with Gasteiger partial charge in [-0.25, -0.2) is 0 Å². The van der Waals surface area contributed by atoms with Crippen LogP contribution in [0.2, 0.25) is 0 Å². The minimum atomic E-state index is -0.247. The molecule has 1 fully saturated rings. The van der Waals surface area contributed by atoms with Crippen LogP contribution in [0.4, 0.5) is 0 Å². The molecular weight excluding hydrogens is 304 g/mol. The molecule has 0 bridgehead atoms. The van der Waals surface area contributed by atoms with Crippen LogP contribution < -0.4 is 0 Å². The number of hydrogen-bond donors (Lipinski definition) is 2. The molecule has 24 heavy (non-hydrogen) atoms. The van der Waals surface area contributed by atoms with Crippen molar-refractivity contribution in [2.45, 2.75) is 39.0 Å². The summed E-state index contributed by atoms with van der Waals surface area (Å²) in [5.74, 6) is -0.257. The SMILES string of the molecule is C=C1CC/C=C(/C)CC[C@@H]2/C(=C\CC=C(CO)CO)COC(=O)[C@@H]12. The van der Waals surface area contributed by atoms with Gasteiger partial charge in [0.25, 0.3) is 0 Å². The summed E-state index contributed by atoms with van der Waals surface area (Å²) in [5, 5.41) is 18.2. The highest BCUT2D eigenvalue weighted by molar-refractivity contribution is 5.78. The maximum absolute atomic E-state index is 12.3. The molecule has 1 saturated heterocycles. The first kappa shape index (κ1) is 18.7. The highest BCUT2D eigenvalue weighted by Crippen LogP contribution is 2.39. The van der Waals surface area contributed by atoms with Crippen molar-refractivity contribution in [2.75, 3.05) is 19.8 Å². The summed E-state index contributed by atoms with van der Waals surface area (Å²) in [7, 11) is 0. The van der Waals surface area contributed by atoms with E-state index in [0.29, 0.717) is 18.6 Å². The van der Waals surface area contributed by atoms with Crippen LogP contribution in [-0.4, -0.2) is 36.0 Å². The Morgan fingerprint density at radius 1 is 1.38 bits per heavy atom. The molecule has 132 valence electrons. The second kappa shape index (κ2) is 9.00. The van der Waals surface area contributed by atoms with Gasteiger partial charge in [-0.05, 0) is 50.2 Å². The molecule has 0 amide bonds. The van der Waals surface area contributed by atoms with Crippen LogP contribution in [0.15, 0.2) is 47.1 Å². The van der Waals surface area contributed by atoms with Crippen molar-refractivity contribution >= 4 is 5.97 Å².